The SMILES string of the molecule is C=C(CC)CN1CC(C)C(C(=O)OC)C1. The van der Waals surface area contributed by atoms with E-state index in [4.69, 9.17) is 4.74 Å². The van der Waals surface area contributed by atoms with Crippen LogP contribution < -0.4 is 0 Å². The molecule has 0 radical (unpaired) electrons. The quantitative estimate of drug-likeness (QED) is 0.523. The number of esters is 1. The van der Waals surface area contributed by atoms with Crippen LogP contribution in [0.4, 0.5) is 0 Å². The van der Waals surface area contributed by atoms with Crippen molar-refractivity contribution in [2.45, 2.75) is 20.3 Å². The van der Waals surface area contributed by atoms with Crippen molar-refractivity contribution < 1.29 is 9.53 Å². The molecule has 15 heavy (non-hydrogen) atoms. The van der Waals surface area contributed by atoms with E-state index in [9.17, 15) is 4.79 Å². The van der Waals surface area contributed by atoms with Gasteiger partial charge in [0.15, 0.2) is 0 Å². The van der Waals surface area contributed by atoms with Crippen molar-refractivity contribution in [3.8, 4) is 0 Å². The van der Waals surface area contributed by atoms with Gasteiger partial charge in [0.2, 0.25) is 0 Å². The van der Waals surface area contributed by atoms with Gasteiger partial charge in [-0.1, -0.05) is 26.0 Å². The number of carbonyl (C=O) groups is 1. The van der Waals surface area contributed by atoms with Crippen molar-refractivity contribution >= 4 is 5.97 Å². The molecule has 0 bridgehead atoms. The lowest BCUT2D eigenvalue weighted by molar-refractivity contribution is -0.146. The Bertz CT molecular complexity index is 250. The Balaban J connectivity index is 2.48. The van der Waals surface area contributed by atoms with Crippen LogP contribution in [0.5, 0.6) is 0 Å². The number of ether oxygens (including phenoxy) is 1. The Morgan fingerprint density at radius 1 is 1.53 bits per heavy atom. The molecule has 0 aromatic carbocycles. The Morgan fingerprint density at radius 3 is 2.73 bits per heavy atom. The molecule has 1 fully saturated rings. The average molecular weight is 211 g/mol. The molecule has 0 aromatic heterocycles. The molecule has 1 heterocycles. The van der Waals surface area contributed by atoms with E-state index < -0.39 is 0 Å². The van der Waals surface area contributed by atoms with Gasteiger partial charge in [-0.25, -0.2) is 0 Å². The molecule has 0 saturated carbocycles. The van der Waals surface area contributed by atoms with E-state index in [0.717, 1.165) is 26.1 Å². The molecule has 1 aliphatic heterocycles. The van der Waals surface area contributed by atoms with Crippen molar-refractivity contribution in [2.75, 3.05) is 26.7 Å². The standard InChI is InChI=1S/C12H21NO2/c1-5-9(2)6-13-7-10(3)11(8-13)12(14)15-4/h10-11H,2,5-8H2,1,3-4H3. The molecule has 3 heteroatoms. The molecule has 0 N–H and O–H groups in total. The predicted octanol–water partition coefficient (Wildman–Crippen LogP) is 1.69. The van der Waals surface area contributed by atoms with E-state index in [1.54, 1.807) is 0 Å². The van der Waals surface area contributed by atoms with Gasteiger partial charge in [0.05, 0.1) is 13.0 Å². The van der Waals surface area contributed by atoms with E-state index >= 15 is 0 Å². The highest BCUT2D eigenvalue weighted by Gasteiger charge is 2.35. The summed E-state index contributed by atoms with van der Waals surface area (Å²) in [5.41, 5.74) is 1.23. The summed E-state index contributed by atoms with van der Waals surface area (Å²) in [6.07, 6.45) is 1.01. The molecule has 0 amide bonds. The van der Waals surface area contributed by atoms with Gasteiger partial charge >= 0.3 is 5.97 Å². The first kappa shape index (κ1) is 12.2. The van der Waals surface area contributed by atoms with Crippen LogP contribution in [-0.2, 0) is 9.53 Å². The van der Waals surface area contributed by atoms with E-state index in [1.165, 1.54) is 12.7 Å². The molecule has 86 valence electrons. The highest BCUT2D eigenvalue weighted by Crippen LogP contribution is 2.24. The van der Waals surface area contributed by atoms with Crippen LogP contribution in [0, 0.1) is 11.8 Å². The number of hydrogen-bond donors (Lipinski definition) is 0. The van der Waals surface area contributed by atoms with Crippen LogP contribution in [0.15, 0.2) is 12.2 Å². The zero-order valence-corrected chi connectivity index (χ0v) is 9.95. The van der Waals surface area contributed by atoms with E-state index in [2.05, 4.69) is 25.3 Å². The first-order valence-electron chi connectivity index (χ1n) is 5.55. The van der Waals surface area contributed by atoms with Gasteiger partial charge in [0.25, 0.3) is 0 Å². The van der Waals surface area contributed by atoms with E-state index in [-0.39, 0.29) is 11.9 Å². The van der Waals surface area contributed by atoms with Gasteiger partial charge in [0, 0.05) is 19.6 Å². The molecule has 1 aliphatic rings. The van der Waals surface area contributed by atoms with Crippen LogP contribution in [0.2, 0.25) is 0 Å². The number of likely N-dealkylation sites (tertiary alicyclic amines) is 1. The van der Waals surface area contributed by atoms with Crippen molar-refractivity contribution in [1.29, 1.82) is 0 Å². The van der Waals surface area contributed by atoms with Crippen LogP contribution in [0.1, 0.15) is 20.3 Å². The highest BCUT2D eigenvalue weighted by atomic mass is 16.5. The second kappa shape index (κ2) is 5.31. The number of carbonyl (C=O) groups excluding carboxylic acids is 1. The van der Waals surface area contributed by atoms with Crippen LogP contribution in [0.25, 0.3) is 0 Å². The number of hydrogen-bond acceptors (Lipinski definition) is 3. The third-order valence-electron chi connectivity index (χ3n) is 3.14. The summed E-state index contributed by atoms with van der Waals surface area (Å²) in [6.45, 7) is 10.9. The van der Waals surface area contributed by atoms with Crippen LogP contribution >= 0.6 is 0 Å². The van der Waals surface area contributed by atoms with E-state index in [0.29, 0.717) is 5.92 Å². The monoisotopic (exact) mass is 211 g/mol. The average Bonchev–Trinajstić information content (AvgIpc) is 2.58. The normalized spacial score (nSPS) is 26.6. The highest BCUT2D eigenvalue weighted by molar-refractivity contribution is 5.73. The summed E-state index contributed by atoms with van der Waals surface area (Å²) in [5, 5.41) is 0. The fourth-order valence-electron chi connectivity index (χ4n) is 2.08. The van der Waals surface area contributed by atoms with Crippen molar-refractivity contribution in [1.82, 2.24) is 4.90 Å². The van der Waals surface area contributed by atoms with Crippen molar-refractivity contribution in [3.05, 3.63) is 12.2 Å². The van der Waals surface area contributed by atoms with Crippen molar-refractivity contribution in [3.63, 3.8) is 0 Å². The number of rotatable bonds is 4. The van der Waals surface area contributed by atoms with Crippen LogP contribution in [0.3, 0.4) is 0 Å². The van der Waals surface area contributed by atoms with Gasteiger partial charge < -0.3 is 4.74 Å². The lowest BCUT2D eigenvalue weighted by Crippen LogP contribution is -2.25. The topological polar surface area (TPSA) is 29.5 Å². The summed E-state index contributed by atoms with van der Waals surface area (Å²) < 4.78 is 4.80. The Hall–Kier alpha value is -0.830. The zero-order chi connectivity index (χ0) is 11.4. The molecule has 1 saturated heterocycles. The minimum absolute atomic E-state index is 0.0413. The van der Waals surface area contributed by atoms with Crippen molar-refractivity contribution in [2.24, 2.45) is 11.8 Å². The minimum Gasteiger partial charge on any atom is -0.469 e. The Labute approximate surface area is 92.1 Å². The third-order valence-corrected chi connectivity index (χ3v) is 3.14. The van der Waals surface area contributed by atoms with E-state index in [1.807, 2.05) is 0 Å². The molecule has 0 aliphatic carbocycles. The second-order valence-corrected chi connectivity index (χ2v) is 4.40. The van der Waals surface area contributed by atoms with Gasteiger partial charge in [0.1, 0.15) is 0 Å². The summed E-state index contributed by atoms with van der Waals surface area (Å²) in [7, 11) is 1.46. The molecule has 2 unspecified atom stereocenters. The smallest absolute Gasteiger partial charge is 0.310 e. The molecular formula is C12H21NO2. The maximum atomic E-state index is 11.5. The Kier molecular flexibility index (Phi) is 4.33. The first-order valence-corrected chi connectivity index (χ1v) is 5.55. The van der Waals surface area contributed by atoms with Crippen LogP contribution in [-0.4, -0.2) is 37.6 Å². The number of methoxy groups -OCH3 is 1. The Morgan fingerprint density at radius 2 is 2.20 bits per heavy atom. The number of nitrogens with zero attached hydrogens (tertiary/aromatic N) is 1. The second-order valence-electron chi connectivity index (χ2n) is 4.40. The first-order chi connectivity index (χ1) is 7.08. The molecule has 2 atom stereocenters. The maximum Gasteiger partial charge on any atom is 0.310 e. The lowest BCUT2D eigenvalue weighted by atomic mass is 9.99. The maximum absolute atomic E-state index is 11.5. The molecule has 0 aromatic rings. The predicted molar refractivity (Wildman–Crippen MR) is 60.5 cm³/mol. The third kappa shape index (κ3) is 3.06. The summed E-state index contributed by atoms with van der Waals surface area (Å²) >= 11 is 0. The zero-order valence-electron chi connectivity index (χ0n) is 9.95. The van der Waals surface area contributed by atoms with Gasteiger partial charge in [-0.15, -0.1) is 0 Å². The summed E-state index contributed by atoms with van der Waals surface area (Å²) in [6, 6.07) is 0. The fourth-order valence-corrected chi connectivity index (χ4v) is 2.08. The van der Waals surface area contributed by atoms with Gasteiger partial charge in [-0.05, 0) is 12.3 Å². The molecular weight excluding hydrogens is 190 g/mol. The van der Waals surface area contributed by atoms with Gasteiger partial charge in [-0.2, -0.15) is 0 Å². The lowest BCUT2D eigenvalue weighted by Gasteiger charge is -2.16. The fraction of sp³-hybridized carbons (Fsp3) is 0.750. The molecule has 3 nitrogen and oxygen atoms in total. The molecule has 0 spiro atoms. The minimum atomic E-state index is -0.0767. The largest absolute Gasteiger partial charge is 0.469 e. The van der Waals surface area contributed by atoms with Gasteiger partial charge in [-0.3, -0.25) is 9.69 Å². The summed E-state index contributed by atoms with van der Waals surface area (Å²) in [5.74, 6) is 0.355. The molecule has 1 rings (SSSR count). The summed E-state index contributed by atoms with van der Waals surface area (Å²) in [4.78, 5) is 13.7.